The van der Waals surface area contributed by atoms with Gasteiger partial charge in [0.15, 0.2) is 5.43 Å². The van der Waals surface area contributed by atoms with Gasteiger partial charge < -0.3 is 24.6 Å². The van der Waals surface area contributed by atoms with Crippen LogP contribution in [0.5, 0.6) is 11.5 Å². The maximum Gasteiger partial charge on any atom is 0.416 e. The highest BCUT2D eigenvalue weighted by molar-refractivity contribution is 6.33. The largest absolute Gasteiger partial charge is 0.507 e. The van der Waals surface area contributed by atoms with E-state index in [0.717, 1.165) is 30.3 Å². The minimum absolute atomic E-state index is 0.0506. The number of benzene rings is 2. The Balaban J connectivity index is 1.96. The highest BCUT2D eigenvalue weighted by atomic mass is 35.5. The summed E-state index contributed by atoms with van der Waals surface area (Å²) >= 11 is 6.07. The Morgan fingerprint density at radius 2 is 1.91 bits per heavy atom. The molecular weight excluding hydrogens is 451 g/mol. The summed E-state index contributed by atoms with van der Waals surface area (Å²) in [5.74, 6) is -1.33. The predicted molar refractivity (Wildman–Crippen MR) is 112 cm³/mol. The molecule has 0 saturated carbocycles. The Morgan fingerprint density at radius 1 is 1.19 bits per heavy atom. The number of phenolic OH excluding ortho intramolecular Hbond substituents is 2. The number of hydrogen-bond acceptors (Lipinski definition) is 6. The first-order valence-electron chi connectivity index (χ1n) is 9.73. The standard InChI is InChI=1S/C22H19ClF3NO5/c1-27-5-4-12(14(27)9-28)19-15(29)7-16(30)20-17(31)8-18(32-21(19)20)11-3-2-10(6-13(11)23)22(24,25)26/h2-3,6-8,12,14,28-30H,4-5,9H2,1H3. The van der Waals surface area contributed by atoms with E-state index in [4.69, 9.17) is 16.0 Å². The molecule has 2 atom stereocenters. The predicted octanol–water partition coefficient (Wildman–Crippen LogP) is 4.32. The number of alkyl halides is 3. The minimum Gasteiger partial charge on any atom is -0.507 e. The molecule has 1 aromatic heterocycles. The summed E-state index contributed by atoms with van der Waals surface area (Å²) in [4.78, 5) is 14.7. The Bertz CT molecular complexity index is 1260. The average Bonchev–Trinajstić information content (AvgIpc) is 3.06. The summed E-state index contributed by atoms with van der Waals surface area (Å²) in [7, 11) is 1.81. The molecule has 0 spiro atoms. The third-order valence-corrected chi connectivity index (χ3v) is 6.25. The molecule has 2 aromatic carbocycles. The van der Waals surface area contributed by atoms with Crippen LogP contribution in [0.2, 0.25) is 5.02 Å². The van der Waals surface area contributed by atoms with Gasteiger partial charge in [-0.05, 0) is 38.2 Å². The van der Waals surface area contributed by atoms with Crippen molar-refractivity contribution in [1.29, 1.82) is 0 Å². The number of fused-ring (bicyclic) bond motifs is 1. The van der Waals surface area contributed by atoms with Gasteiger partial charge in [-0.2, -0.15) is 13.2 Å². The molecule has 4 rings (SSSR count). The molecule has 6 nitrogen and oxygen atoms in total. The van der Waals surface area contributed by atoms with Crippen molar-refractivity contribution in [1.82, 2.24) is 4.90 Å². The number of nitrogens with zero attached hydrogens (tertiary/aromatic N) is 1. The minimum atomic E-state index is -4.59. The summed E-state index contributed by atoms with van der Waals surface area (Å²) in [6.07, 6.45) is -4.05. The zero-order valence-corrected chi connectivity index (χ0v) is 17.5. The number of rotatable bonds is 3. The molecule has 3 aromatic rings. The van der Waals surface area contributed by atoms with Crippen LogP contribution in [-0.2, 0) is 6.18 Å². The van der Waals surface area contributed by atoms with Gasteiger partial charge in [-0.15, -0.1) is 0 Å². The Morgan fingerprint density at radius 3 is 2.53 bits per heavy atom. The smallest absolute Gasteiger partial charge is 0.416 e. The van der Waals surface area contributed by atoms with Crippen molar-refractivity contribution >= 4 is 22.6 Å². The van der Waals surface area contributed by atoms with Crippen molar-refractivity contribution < 1.29 is 32.9 Å². The van der Waals surface area contributed by atoms with E-state index in [1.165, 1.54) is 0 Å². The lowest BCUT2D eigenvalue weighted by molar-refractivity contribution is -0.137. The van der Waals surface area contributed by atoms with E-state index >= 15 is 0 Å². The van der Waals surface area contributed by atoms with Gasteiger partial charge in [0.05, 0.1) is 17.2 Å². The number of likely N-dealkylation sites (N-methyl/N-ethyl adjacent to an activating group) is 1. The third kappa shape index (κ3) is 3.70. The lowest BCUT2D eigenvalue weighted by Gasteiger charge is -2.24. The molecule has 170 valence electrons. The molecule has 0 amide bonds. The van der Waals surface area contributed by atoms with E-state index in [1.54, 1.807) is 0 Å². The molecule has 1 fully saturated rings. The summed E-state index contributed by atoms with van der Waals surface area (Å²) in [6, 6.07) is 4.36. The van der Waals surface area contributed by atoms with Gasteiger partial charge in [0.2, 0.25) is 0 Å². The summed E-state index contributed by atoms with van der Waals surface area (Å²) < 4.78 is 44.8. The lowest BCUT2D eigenvalue weighted by Crippen LogP contribution is -2.32. The summed E-state index contributed by atoms with van der Waals surface area (Å²) in [6.45, 7) is 0.407. The van der Waals surface area contributed by atoms with Crippen LogP contribution in [0.4, 0.5) is 13.2 Å². The molecule has 1 aliphatic heterocycles. The van der Waals surface area contributed by atoms with Gasteiger partial charge >= 0.3 is 6.18 Å². The fourth-order valence-electron chi connectivity index (χ4n) is 4.32. The molecule has 3 N–H and O–H groups in total. The second-order valence-electron chi connectivity index (χ2n) is 7.83. The number of halogens is 4. The summed E-state index contributed by atoms with van der Waals surface area (Å²) in [5.41, 5.74) is -1.41. The molecule has 2 unspecified atom stereocenters. The second-order valence-corrected chi connectivity index (χ2v) is 8.23. The number of likely N-dealkylation sites (tertiary alicyclic amines) is 1. The van der Waals surface area contributed by atoms with Gasteiger partial charge in [-0.3, -0.25) is 4.79 Å². The molecule has 10 heteroatoms. The normalized spacial score (nSPS) is 19.7. The number of aromatic hydroxyl groups is 2. The van der Waals surface area contributed by atoms with Crippen molar-refractivity contribution in [3.05, 3.63) is 56.7 Å². The van der Waals surface area contributed by atoms with Crippen LogP contribution >= 0.6 is 11.6 Å². The first kappa shape index (κ1) is 22.4. The Kier molecular flexibility index (Phi) is 5.60. The Hall–Kier alpha value is -2.75. The van der Waals surface area contributed by atoms with Crippen molar-refractivity contribution in [2.24, 2.45) is 0 Å². The second kappa shape index (κ2) is 7.99. The first-order valence-corrected chi connectivity index (χ1v) is 10.1. The topological polar surface area (TPSA) is 94.1 Å². The monoisotopic (exact) mass is 469 g/mol. The Labute approximate surface area is 185 Å². The van der Waals surface area contributed by atoms with E-state index < -0.39 is 28.8 Å². The zero-order valence-electron chi connectivity index (χ0n) is 16.8. The molecule has 0 aliphatic carbocycles. The fourth-order valence-corrected chi connectivity index (χ4v) is 4.59. The van der Waals surface area contributed by atoms with Crippen LogP contribution in [0.3, 0.4) is 0 Å². The van der Waals surface area contributed by atoms with Crippen molar-refractivity contribution in [3.8, 4) is 22.8 Å². The lowest BCUT2D eigenvalue weighted by atomic mass is 9.89. The van der Waals surface area contributed by atoms with E-state index in [0.29, 0.717) is 13.0 Å². The molecule has 1 aliphatic rings. The van der Waals surface area contributed by atoms with Crippen molar-refractivity contribution in [2.45, 2.75) is 24.6 Å². The number of phenols is 2. The fraction of sp³-hybridized carbons (Fsp3) is 0.318. The van der Waals surface area contributed by atoms with Gasteiger partial charge in [0, 0.05) is 35.2 Å². The van der Waals surface area contributed by atoms with Crippen LogP contribution in [-0.4, -0.2) is 46.5 Å². The van der Waals surface area contributed by atoms with Gasteiger partial charge in [0.25, 0.3) is 0 Å². The molecule has 0 radical (unpaired) electrons. The highest BCUT2D eigenvalue weighted by Crippen LogP contribution is 2.44. The van der Waals surface area contributed by atoms with Gasteiger partial charge in [-0.1, -0.05) is 11.6 Å². The summed E-state index contributed by atoms with van der Waals surface area (Å²) in [5, 5.41) is 30.3. The first-order chi connectivity index (χ1) is 15.0. The van der Waals surface area contributed by atoms with E-state index in [9.17, 15) is 33.3 Å². The number of aliphatic hydroxyl groups excluding tert-OH is 1. The zero-order chi connectivity index (χ0) is 23.4. The van der Waals surface area contributed by atoms with Crippen LogP contribution < -0.4 is 5.43 Å². The van der Waals surface area contributed by atoms with Gasteiger partial charge in [0.1, 0.15) is 28.2 Å². The van der Waals surface area contributed by atoms with Gasteiger partial charge in [-0.25, -0.2) is 0 Å². The maximum absolute atomic E-state index is 13.0. The van der Waals surface area contributed by atoms with E-state index in [-0.39, 0.29) is 51.3 Å². The van der Waals surface area contributed by atoms with Crippen LogP contribution in [0, 0.1) is 0 Å². The molecule has 1 saturated heterocycles. The van der Waals surface area contributed by atoms with E-state index in [2.05, 4.69) is 0 Å². The van der Waals surface area contributed by atoms with Crippen LogP contribution in [0.15, 0.2) is 39.5 Å². The van der Waals surface area contributed by atoms with Crippen LogP contribution in [0.25, 0.3) is 22.3 Å². The highest BCUT2D eigenvalue weighted by Gasteiger charge is 2.37. The maximum atomic E-state index is 13.0. The third-order valence-electron chi connectivity index (χ3n) is 5.94. The average molecular weight is 470 g/mol. The molecule has 0 bridgehead atoms. The SMILES string of the molecule is CN1CCC(c2c(O)cc(O)c3c(=O)cc(-c4ccc(C(F)(F)F)cc4Cl)oc23)C1CO. The molecular formula is C22H19ClF3NO5. The molecule has 32 heavy (non-hydrogen) atoms. The van der Waals surface area contributed by atoms with Crippen molar-refractivity contribution in [3.63, 3.8) is 0 Å². The van der Waals surface area contributed by atoms with Crippen LogP contribution in [0.1, 0.15) is 23.5 Å². The number of aliphatic hydroxyl groups is 1. The van der Waals surface area contributed by atoms with E-state index in [1.807, 2.05) is 11.9 Å². The number of hydrogen-bond donors (Lipinski definition) is 3. The molecule has 2 heterocycles. The van der Waals surface area contributed by atoms with Crippen molar-refractivity contribution in [2.75, 3.05) is 20.2 Å². The quantitative estimate of drug-likeness (QED) is 0.529.